The fourth-order valence-electron chi connectivity index (χ4n) is 1.97. The summed E-state index contributed by atoms with van der Waals surface area (Å²) < 4.78 is 17.4. The predicted octanol–water partition coefficient (Wildman–Crippen LogP) is 6.08. The highest BCUT2D eigenvalue weighted by molar-refractivity contribution is 5.37. The van der Waals surface area contributed by atoms with E-state index in [1.165, 1.54) is 0 Å². The maximum atomic E-state index is 5.85. The van der Waals surface area contributed by atoms with E-state index in [0.29, 0.717) is 6.61 Å². The van der Waals surface area contributed by atoms with Gasteiger partial charge in [-0.25, -0.2) is 0 Å². The van der Waals surface area contributed by atoms with E-state index in [1.807, 2.05) is 69.3 Å². The van der Waals surface area contributed by atoms with Gasteiger partial charge in [0, 0.05) is 0 Å². The second-order valence-electron chi connectivity index (χ2n) is 8.11. The van der Waals surface area contributed by atoms with E-state index in [2.05, 4.69) is 20.8 Å². The fourth-order valence-corrected chi connectivity index (χ4v) is 1.97. The maximum absolute atomic E-state index is 5.85. The lowest BCUT2D eigenvalue weighted by atomic mass is 9.99. The second kappa shape index (κ2) is 7.16. The summed E-state index contributed by atoms with van der Waals surface area (Å²) in [5, 5.41) is 0. The molecule has 0 bridgehead atoms. The zero-order chi connectivity index (χ0) is 17.8. The van der Waals surface area contributed by atoms with Gasteiger partial charge in [0.2, 0.25) is 0 Å². The van der Waals surface area contributed by atoms with Crippen LogP contribution >= 0.6 is 0 Å². The van der Waals surface area contributed by atoms with E-state index in [-0.39, 0.29) is 11.0 Å². The minimum atomic E-state index is -0.203. The van der Waals surface area contributed by atoms with Gasteiger partial charge in [0.25, 0.3) is 0 Å². The van der Waals surface area contributed by atoms with Crippen molar-refractivity contribution < 1.29 is 14.2 Å². The molecular weight excluding hydrogens is 300 g/mol. The van der Waals surface area contributed by atoms with Crippen LogP contribution in [-0.2, 0) is 0 Å². The number of hydrogen-bond donors (Lipinski definition) is 0. The van der Waals surface area contributed by atoms with Crippen molar-refractivity contribution >= 4 is 0 Å². The molecule has 0 N–H and O–H groups in total. The smallest absolute Gasteiger partial charge is 0.127 e. The SMILES string of the molecule is CC(C)(C)COc1ccc(Oc2ccc(OC(C)(C)C)cc2)cc1. The summed E-state index contributed by atoms with van der Waals surface area (Å²) >= 11 is 0. The summed E-state index contributed by atoms with van der Waals surface area (Å²) in [5.74, 6) is 3.24. The standard InChI is InChI=1S/C21H28O3/c1-20(2,3)15-22-16-7-9-17(10-8-16)23-18-11-13-19(14-12-18)24-21(4,5)6/h7-14H,15H2,1-6H3. The van der Waals surface area contributed by atoms with Crippen LogP contribution in [0, 0.1) is 5.41 Å². The van der Waals surface area contributed by atoms with Crippen LogP contribution in [0.5, 0.6) is 23.0 Å². The van der Waals surface area contributed by atoms with E-state index in [1.54, 1.807) is 0 Å². The molecule has 2 rings (SSSR count). The third-order valence-electron chi connectivity index (χ3n) is 2.98. The molecule has 0 aliphatic rings. The molecule has 3 heteroatoms. The molecule has 0 atom stereocenters. The molecule has 24 heavy (non-hydrogen) atoms. The third kappa shape index (κ3) is 6.53. The molecule has 2 aromatic carbocycles. The van der Waals surface area contributed by atoms with Crippen molar-refractivity contribution in [1.29, 1.82) is 0 Å². The van der Waals surface area contributed by atoms with E-state index in [0.717, 1.165) is 23.0 Å². The van der Waals surface area contributed by atoms with Crippen LogP contribution in [0.3, 0.4) is 0 Å². The summed E-state index contributed by atoms with van der Waals surface area (Å²) in [4.78, 5) is 0. The molecule has 0 aliphatic carbocycles. The monoisotopic (exact) mass is 328 g/mol. The van der Waals surface area contributed by atoms with Crippen LogP contribution in [0.15, 0.2) is 48.5 Å². The highest BCUT2D eigenvalue weighted by atomic mass is 16.5. The van der Waals surface area contributed by atoms with Gasteiger partial charge in [-0.2, -0.15) is 0 Å². The summed E-state index contributed by atoms with van der Waals surface area (Å²) in [6, 6.07) is 15.3. The minimum absolute atomic E-state index is 0.145. The Hall–Kier alpha value is -2.16. The summed E-state index contributed by atoms with van der Waals surface area (Å²) in [5.41, 5.74) is -0.0582. The minimum Gasteiger partial charge on any atom is -0.493 e. The third-order valence-corrected chi connectivity index (χ3v) is 2.98. The van der Waals surface area contributed by atoms with Crippen LogP contribution in [0.25, 0.3) is 0 Å². The van der Waals surface area contributed by atoms with E-state index in [9.17, 15) is 0 Å². The van der Waals surface area contributed by atoms with Gasteiger partial charge >= 0.3 is 0 Å². The van der Waals surface area contributed by atoms with Crippen LogP contribution < -0.4 is 14.2 Å². The Morgan fingerprint density at radius 1 is 0.625 bits per heavy atom. The number of benzene rings is 2. The van der Waals surface area contributed by atoms with Crippen molar-refractivity contribution in [1.82, 2.24) is 0 Å². The Balaban J connectivity index is 1.94. The zero-order valence-corrected chi connectivity index (χ0v) is 15.6. The molecule has 0 amide bonds. The van der Waals surface area contributed by atoms with E-state index < -0.39 is 0 Å². The molecule has 0 aromatic heterocycles. The van der Waals surface area contributed by atoms with Crippen molar-refractivity contribution in [2.75, 3.05) is 6.61 Å². The quantitative estimate of drug-likeness (QED) is 0.665. The molecule has 3 nitrogen and oxygen atoms in total. The van der Waals surface area contributed by atoms with Gasteiger partial charge < -0.3 is 14.2 Å². The average molecular weight is 328 g/mol. The Kier molecular flexibility index (Phi) is 5.43. The van der Waals surface area contributed by atoms with Crippen LogP contribution in [0.1, 0.15) is 41.5 Å². The van der Waals surface area contributed by atoms with Gasteiger partial charge in [0.1, 0.15) is 28.6 Å². The molecule has 0 spiro atoms. The van der Waals surface area contributed by atoms with Gasteiger partial charge in [0.05, 0.1) is 6.61 Å². The number of rotatable bonds is 5. The maximum Gasteiger partial charge on any atom is 0.127 e. The van der Waals surface area contributed by atoms with Gasteiger partial charge in [-0.15, -0.1) is 0 Å². The molecule has 0 fully saturated rings. The van der Waals surface area contributed by atoms with Crippen molar-refractivity contribution in [3.05, 3.63) is 48.5 Å². The Morgan fingerprint density at radius 2 is 1.04 bits per heavy atom. The Morgan fingerprint density at radius 3 is 1.46 bits per heavy atom. The first kappa shape index (κ1) is 18.2. The van der Waals surface area contributed by atoms with E-state index >= 15 is 0 Å². The second-order valence-corrected chi connectivity index (χ2v) is 8.11. The molecule has 0 radical (unpaired) electrons. The summed E-state index contributed by atoms with van der Waals surface area (Å²) in [6.07, 6.45) is 0. The zero-order valence-electron chi connectivity index (χ0n) is 15.6. The fraction of sp³-hybridized carbons (Fsp3) is 0.429. The van der Waals surface area contributed by atoms with Gasteiger partial charge in [-0.05, 0) is 74.7 Å². The lowest BCUT2D eigenvalue weighted by Gasteiger charge is -2.21. The largest absolute Gasteiger partial charge is 0.493 e. The molecule has 0 unspecified atom stereocenters. The van der Waals surface area contributed by atoms with Crippen molar-refractivity contribution in [2.24, 2.45) is 5.41 Å². The van der Waals surface area contributed by atoms with Crippen LogP contribution in [0.2, 0.25) is 0 Å². The lowest BCUT2D eigenvalue weighted by Crippen LogP contribution is -2.22. The molecule has 0 saturated carbocycles. The number of ether oxygens (including phenoxy) is 3. The summed E-state index contributed by atoms with van der Waals surface area (Å²) in [7, 11) is 0. The molecule has 130 valence electrons. The topological polar surface area (TPSA) is 27.7 Å². The van der Waals surface area contributed by atoms with Crippen LogP contribution in [-0.4, -0.2) is 12.2 Å². The predicted molar refractivity (Wildman–Crippen MR) is 98.3 cm³/mol. The van der Waals surface area contributed by atoms with Gasteiger partial charge in [0.15, 0.2) is 0 Å². The average Bonchev–Trinajstić information content (AvgIpc) is 2.46. The molecule has 0 heterocycles. The Labute approximate surface area is 145 Å². The van der Waals surface area contributed by atoms with Crippen molar-refractivity contribution in [3.8, 4) is 23.0 Å². The first-order valence-corrected chi connectivity index (χ1v) is 8.31. The van der Waals surface area contributed by atoms with Gasteiger partial charge in [-0.3, -0.25) is 0 Å². The number of hydrogen-bond acceptors (Lipinski definition) is 3. The normalized spacial score (nSPS) is 11.9. The highest BCUT2D eigenvalue weighted by Crippen LogP contribution is 2.27. The highest BCUT2D eigenvalue weighted by Gasteiger charge is 2.12. The first-order valence-electron chi connectivity index (χ1n) is 8.31. The molecule has 0 saturated heterocycles. The van der Waals surface area contributed by atoms with Gasteiger partial charge in [-0.1, -0.05) is 20.8 Å². The van der Waals surface area contributed by atoms with Crippen molar-refractivity contribution in [2.45, 2.75) is 47.1 Å². The molecule has 0 aliphatic heterocycles. The molecule has 2 aromatic rings. The van der Waals surface area contributed by atoms with Crippen molar-refractivity contribution in [3.63, 3.8) is 0 Å². The summed E-state index contributed by atoms with van der Waals surface area (Å²) in [6.45, 7) is 13.2. The first-order chi connectivity index (χ1) is 11.1. The van der Waals surface area contributed by atoms with E-state index in [4.69, 9.17) is 14.2 Å². The molecular formula is C21H28O3. The van der Waals surface area contributed by atoms with Crippen LogP contribution in [0.4, 0.5) is 0 Å². The lowest BCUT2D eigenvalue weighted by molar-refractivity contribution is 0.131. The Bertz CT molecular complexity index is 629.